The molecule has 40 heavy (non-hydrogen) atoms. The largest absolute Gasteiger partial charge is 0.480 e. The molecule has 0 saturated carbocycles. The Morgan fingerprint density at radius 1 is 0.975 bits per heavy atom. The van der Waals surface area contributed by atoms with Gasteiger partial charge < -0.3 is 20.1 Å². The molecule has 3 aromatic rings. The SMILES string of the molecule is CN(Cc1ccccc1)CC(NC(=O)OCC1c2ccccc2-c2ccccc21)C(=O)N1CC(C)(C)C1C(=O)O. The third-order valence-electron chi connectivity index (χ3n) is 7.87. The van der Waals surface area contributed by atoms with Gasteiger partial charge in [-0.25, -0.2) is 9.59 Å². The van der Waals surface area contributed by atoms with Crippen LogP contribution in [0.3, 0.4) is 0 Å². The lowest BCUT2D eigenvalue weighted by molar-refractivity contribution is -0.173. The molecule has 1 heterocycles. The number of likely N-dealkylation sites (tertiary alicyclic amines) is 1. The van der Waals surface area contributed by atoms with Crippen LogP contribution in [-0.2, 0) is 20.9 Å². The maximum Gasteiger partial charge on any atom is 0.407 e. The molecule has 2 amide bonds. The summed E-state index contributed by atoms with van der Waals surface area (Å²) in [7, 11) is 1.86. The third kappa shape index (κ3) is 5.45. The minimum Gasteiger partial charge on any atom is -0.480 e. The summed E-state index contributed by atoms with van der Waals surface area (Å²) in [5.74, 6) is -1.59. The Kier molecular flexibility index (Phi) is 7.63. The zero-order valence-electron chi connectivity index (χ0n) is 23.0. The fourth-order valence-corrected chi connectivity index (χ4v) is 6.04. The van der Waals surface area contributed by atoms with E-state index in [4.69, 9.17) is 4.74 Å². The maximum absolute atomic E-state index is 13.6. The lowest BCUT2D eigenvalue weighted by Crippen LogP contribution is -2.70. The minimum atomic E-state index is -1.05. The second-order valence-electron chi connectivity index (χ2n) is 11.4. The van der Waals surface area contributed by atoms with E-state index in [9.17, 15) is 19.5 Å². The Bertz CT molecular complexity index is 1360. The monoisotopic (exact) mass is 541 g/mol. The number of carbonyl (C=O) groups excluding carboxylic acids is 2. The first kappa shape index (κ1) is 27.4. The molecule has 3 aromatic carbocycles. The number of nitrogens with one attached hydrogen (secondary N) is 1. The number of hydrogen-bond acceptors (Lipinski definition) is 5. The van der Waals surface area contributed by atoms with Crippen molar-refractivity contribution in [2.75, 3.05) is 26.7 Å². The Hall–Kier alpha value is -4.17. The molecule has 2 unspecified atom stereocenters. The first-order valence-electron chi connectivity index (χ1n) is 13.5. The second kappa shape index (κ2) is 11.1. The van der Waals surface area contributed by atoms with Crippen LogP contribution < -0.4 is 5.32 Å². The number of amides is 2. The number of carboxylic acid groups (broad SMARTS) is 1. The zero-order valence-corrected chi connectivity index (χ0v) is 23.0. The van der Waals surface area contributed by atoms with Gasteiger partial charge in [-0.2, -0.15) is 0 Å². The number of benzene rings is 3. The Morgan fingerprint density at radius 2 is 1.55 bits per heavy atom. The van der Waals surface area contributed by atoms with Crippen molar-refractivity contribution in [3.63, 3.8) is 0 Å². The summed E-state index contributed by atoms with van der Waals surface area (Å²) in [4.78, 5) is 41.9. The number of fused-ring (bicyclic) bond motifs is 3. The van der Waals surface area contributed by atoms with E-state index in [0.717, 1.165) is 27.8 Å². The summed E-state index contributed by atoms with van der Waals surface area (Å²) in [6.07, 6.45) is -0.708. The number of carboxylic acids is 1. The molecule has 8 nitrogen and oxygen atoms in total. The van der Waals surface area contributed by atoms with Gasteiger partial charge in [0.05, 0.1) is 0 Å². The Morgan fingerprint density at radius 3 is 2.12 bits per heavy atom. The molecular weight excluding hydrogens is 506 g/mol. The van der Waals surface area contributed by atoms with Crippen LogP contribution in [0.1, 0.15) is 36.5 Å². The van der Waals surface area contributed by atoms with E-state index in [1.165, 1.54) is 4.90 Å². The smallest absolute Gasteiger partial charge is 0.407 e. The highest BCUT2D eigenvalue weighted by Gasteiger charge is 2.53. The number of nitrogens with zero attached hydrogens (tertiary/aromatic N) is 2. The van der Waals surface area contributed by atoms with Crippen LogP contribution in [0.15, 0.2) is 78.9 Å². The predicted molar refractivity (Wildman–Crippen MR) is 152 cm³/mol. The van der Waals surface area contributed by atoms with Gasteiger partial charge in [-0.15, -0.1) is 0 Å². The fraction of sp³-hybridized carbons (Fsp3) is 0.344. The zero-order chi connectivity index (χ0) is 28.4. The topological polar surface area (TPSA) is 99.2 Å². The van der Waals surface area contributed by atoms with Gasteiger partial charge in [0.15, 0.2) is 0 Å². The van der Waals surface area contributed by atoms with Crippen LogP contribution in [0, 0.1) is 5.41 Å². The van der Waals surface area contributed by atoms with Gasteiger partial charge >= 0.3 is 12.1 Å². The summed E-state index contributed by atoms with van der Waals surface area (Å²) < 4.78 is 5.71. The molecule has 2 aliphatic rings. The van der Waals surface area contributed by atoms with Gasteiger partial charge in [-0.05, 0) is 34.9 Å². The summed E-state index contributed by atoms with van der Waals surface area (Å²) in [5.41, 5.74) is 4.96. The van der Waals surface area contributed by atoms with Gasteiger partial charge in [0.2, 0.25) is 5.91 Å². The molecule has 1 fully saturated rings. The molecule has 8 heteroatoms. The summed E-state index contributed by atoms with van der Waals surface area (Å²) in [6, 6.07) is 24.1. The lowest BCUT2D eigenvalue weighted by atomic mass is 9.74. The molecule has 0 spiro atoms. The highest BCUT2D eigenvalue weighted by molar-refractivity contribution is 5.91. The molecule has 0 bridgehead atoms. The van der Waals surface area contributed by atoms with E-state index in [1.807, 2.05) is 92.5 Å². The highest BCUT2D eigenvalue weighted by Crippen LogP contribution is 2.44. The van der Waals surface area contributed by atoms with Gasteiger partial charge in [0.1, 0.15) is 18.7 Å². The van der Waals surface area contributed by atoms with Crippen LogP contribution >= 0.6 is 0 Å². The van der Waals surface area contributed by atoms with Crippen LogP contribution in [0.2, 0.25) is 0 Å². The molecule has 2 N–H and O–H groups in total. The standard InChI is InChI=1S/C32H35N3O5/c1-32(2)20-35(28(32)30(37)38)29(36)27(18-34(3)17-21-11-5-4-6-12-21)33-31(39)40-19-26-24-15-9-7-13-22(24)23-14-8-10-16-25(23)26/h4-16,26-28H,17-20H2,1-3H3,(H,33,39)(H,37,38). The number of likely N-dealkylation sites (N-methyl/N-ethyl adjacent to an activating group) is 1. The number of ether oxygens (including phenoxy) is 1. The molecular formula is C32H35N3O5. The van der Waals surface area contributed by atoms with Crippen LogP contribution in [-0.4, -0.2) is 71.7 Å². The fourth-order valence-electron chi connectivity index (χ4n) is 6.04. The normalized spacial score (nSPS) is 17.9. The first-order valence-corrected chi connectivity index (χ1v) is 13.5. The van der Waals surface area contributed by atoms with Crippen molar-refractivity contribution in [2.24, 2.45) is 5.41 Å². The van der Waals surface area contributed by atoms with Crippen molar-refractivity contribution in [3.8, 4) is 11.1 Å². The Balaban J connectivity index is 1.30. The quantitative estimate of drug-likeness (QED) is 0.418. The first-order chi connectivity index (χ1) is 19.2. The molecule has 2 atom stereocenters. The van der Waals surface area contributed by atoms with Crippen molar-refractivity contribution in [2.45, 2.75) is 38.4 Å². The number of aliphatic carboxylic acids is 1. The number of carbonyl (C=O) groups is 3. The minimum absolute atomic E-state index is 0.111. The molecule has 0 aromatic heterocycles. The molecule has 0 radical (unpaired) electrons. The summed E-state index contributed by atoms with van der Waals surface area (Å²) >= 11 is 0. The third-order valence-corrected chi connectivity index (χ3v) is 7.87. The van der Waals surface area contributed by atoms with E-state index in [1.54, 1.807) is 0 Å². The van der Waals surface area contributed by atoms with Gasteiger partial charge in [-0.1, -0.05) is 92.7 Å². The molecule has 5 rings (SSSR count). The van der Waals surface area contributed by atoms with E-state index in [2.05, 4.69) is 17.4 Å². The number of rotatable bonds is 9. The lowest BCUT2D eigenvalue weighted by Gasteiger charge is -2.52. The average Bonchev–Trinajstić information content (AvgIpc) is 3.24. The van der Waals surface area contributed by atoms with E-state index < -0.39 is 35.5 Å². The van der Waals surface area contributed by atoms with Crippen LogP contribution in [0.5, 0.6) is 0 Å². The Labute approximate surface area is 234 Å². The molecule has 1 aliphatic carbocycles. The predicted octanol–water partition coefficient (Wildman–Crippen LogP) is 4.35. The van der Waals surface area contributed by atoms with Crippen LogP contribution in [0.25, 0.3) is 11.1 Å². The number of hydrogen-bond donors (Lipinski definition) is 2. The van der Waals surface area contributed by atoms with E-state index in [-0.39, 0.29) is 19.1 Å². The average molecular weight is 542 g/mol. The van der Waals surface area contributed by atoms with Crippen molar-refractivity contribution in [3.05, 3.63) is 95.6 Å². The van der Waals surface area contributed by atoms with Crippen molar-refractivity contribution in [1.29, 1.82) is 0 Å². The molecule has 1 saturated heterocycles. The van der Waals surface area contributed by atoms with E-state index in [0.29, 0.717) is 13.1 Å². The summed E-state index contributed by atoms with van der Waals surface area (Å²) in [5, 5.41) is 12.5. The van der Waals surface area contributed by atoms with Crippen molar-refractivity contribution < 1.29 is 24.2 Å². The molecule has 1 aliphatic heterocycles. The van der Waals surface area contributed by atoms with Crippen molar-refractivity contribution >= 4 is 18.0 Å². The maximum atomic E-state index is 13.6. The van der Waals surface area contributed by atoms with Gasteiger partial charge in [0.25, 0.3) is 0 Å². The highest BCUT2D eigenvalue weighted by atomic mass is 16.5. The second-order valence-corrected chi connectivity index (χ2v) is 11.4. The van der Waals surface area contributed by atoms with E-state index >= 15 is 0 Å². The van der Waals surface area contributed by atoms with Crippen LogP contribution in [0.4, 0.5) is 4.79 Å². The van der Waals surface area contributed by atoms with Gasteiger partial charge in [0, 0.05) is 31.0 Å². The van der Waals surface area contributed by atoms with Gasteiger partial charge in [-0.3, -0.25) is 9.69 Å². The number of alkyl carbamates (subject to hydrolysis) is 1. The summed E-state index contributed by atoms with van der Waals surface area (Å²) in [6.45, 7) is 4.82. The van der Waals surface area contributed by atoms with Crippen molar-refractivity contribution in [1.82, 2.24) is 15.1 Å². The molecule has 208 valence electrons.